The second-order valence-electron chi connectivity index (χ2n) is 4.95. The molecule has 18 heavy (non-hydrogen) atoms. The van der Waals surface area contributed by atoms with E-state index in [-0.39, 0.29) is 6.04 Å². The predicted molar refractivity (Wildman–Crippen MR) is 74.7 cm³/mol. The van der Waals surface area contributed by atoms with Crippen LogP contribution in [0.5, 0.6) is 0 Å². The maximum absolute atomic E-state index is 11.7. The van der Waals surface area contributed by atoms with Gasteiger partial charge in [-0.2, -0.15) is 17.4 Å². The molecular weight excluding hydrogens is 248 g/mol. The van der Waals surface area contributed by atoms with Gasteiger partial charge in [-0.1, -0.05) is 38.1 Å². The van der Waals surface area contributed by atoms with Crippen molar-refractivity contribution in [3.8, 4) is 0 Å². The number of hydrogen-bond acceptors (Lipinski definition) is 2. The molecule has 1 aromatic rings. The van der Waals surface area contributed by atoms with Crippen molar-refractivity contribution in [1.29, 1.82) is 0 Å². The molecule has 5 heteroatoms. The van der Waals surface area contributed by atoms with Crippen LogP contribution in [0.25, 0.3) is 0 Å². The van der Waals surface area contributed by atoms with Crippen molar-refractivity contribution < 1.29 is 8.42 Å². The summed E-state index contributed by atoms with van der Waals surface area (Å²) in [6.45, 7) is 6.10. The van der Waals surface area contributed by atoms with Crippen LogP contribution in [0.2, 0.25) is 0 Å². The zero-order chi connectivity index (χ0) is 13.9. The van der Waals surface area contributed by atoms with Crippen molar-refractivity contribution in [2.75, 3.05) is 14.1 Å². The zero-order valence-corrected chi connectivity index (χ0v) is 12.5. The van der Waals surface area contributed by atoms with E-state index in [2.05, 4.69) is 18.6 Å². The Morgan fingerprint density at radius 1 is 1.00 bits per heavy atom. The number of benzene rings is 1. The molecule has 0 aliphatic heterocycles. The Balaban J connectivity index is 2.82. The lowest BCUT2D eigenvalue weighted by Gasteiger charge is -2.18. The molecule has 0 bridgehead atoms. The summed E-state index contributed by atoms with van der Waals surface area (Å²) >= 11 is 0. The maximum Gasteiger partial charge on any atom is 0.279 e. The van der Waals surface area contributed by atoms with Crippen LogP contribution in [0.4, 0.5) is 0 Å². The third-order valence-corrected chi connectivity index (χ3v) is 4.52. The third-order valence-electron chi connectivity index (χ3n) is 2.91. The molecule has 0 spiro atoms. The van der Waals surface area contributed by atoms with Gasteiger partial charge in [0.2, 0.25) is 0 Å². The van der Waals surface area contributed by atoms with Gasteiger partial charge < -0.3 is 0 Å². The van der Waals surface area contributed by atoms with E-state index in [9.17, 15) is 8.42 Å². The molecule has 1 atom stereocenters. The van der Waals surface area contributed by atoms with Gasteiger partial charge in [0, 0.05) is 20.1 Å². The molecular formula is C13H22N2O2S. The summed E-state index contributed by atoms with van der Waals surface area (Å²) in [5, 5.41) is 0. The standard InChI is InChI=1S/C13H22N2O2S/c1-10(2)12-6-8-13(9-7-12)11(3)14-18(16,17)15(4)5/h6-11,14H,1-5H3. The van der Waals surface area contributed by atoms with E-state index in [1.54, 1.807) is 0 Å². The molecule has 0 aliphatic rings. The first-order chi connectivity index (χ1) is 8.24. The molecule has 0 aromatic heterocycles. The van der Waals surface area contributed by atoms with Crippen LogP contribution in [0.1, 0.15) is 43.9 Å². The molecule has 1 unspecified atom stereocenters. The van der Waals surface area contributed by atoms with Crippen molar-refractivity contribution in [2.24, 2.45) is 0 Å². The van der Waals surface area contributed by atoms with Crippen molar-refractivity contribution in [3.05, 3.63) is 35.4 Å². The molecule has 1 N–H and O–H groups in total. The predicted octanol–water partition coefficient (Wildman–Crippen LogP) is 2.27. The molecule has 1 aromatic carbocycles. The lowest BCUT2D eigenvalue weighted by atomic mass is 10.00. The van der Waals surface area contributed by atoms with Gasteiger partial charge in [0.15, 0.2) is 0 Å². The van der Waals surface area contributed by atoms with Gasteiger partial charge in [-0.3, -0.25) is 0 Å². The molecule has 0 radical (unpaired) electrons. The van der Waals surface area contributed by atoms with Gasteiger partial charge in [0.1, 0.15) is 0 Å². The molecule has 0 heterocycles. The summed E-state index contributed by atoms with van der Waals surface area (Å²) in [5.41, 5.74) is 2.21. The van der Waals surface area contributed by atoms with Crippen LogP contribution < -0.4 is 4.72 Å². The highest BCUT2D eigenvalue weighted by Gasteiger charge is 2.17. The lowest BCUT2D eigenvalue weighted by molar-refractivity contribution is 0.494. The van der Waals surface area contributed by atoms with Gasteiger partial charge in [-0.15, -0.1) is 0 Å². The topological polar surface area (TPSA) is 49.4 Å². The molecule has 1 rings (SSSR count). The van der Waals surface area contributed by atoms with Crippen molar-refractivity contribution in [3.63, 3.8) is 0 Å². The Kier molecular flexibility index (Phi) is 4.90. The van der Waals surface area contributed by atoms with Crippen LogP contribution in [0, 0.1) is 0 Å². The van der Waals surface area contributed by atoms with Gasteiger partial charge in [0.25, 0.3) is 10.2 Å². The van der Waals surface area contributed by atoms with Crippen molar-refractivity contribution in [1.82, 2.24) is 9.03 Å². The van der Waals surface area contributed by atoms with Crippen LogP contribution in [0.3, 0.4) is 0 Å². The van der Waals surface area contributed by atoms with Gasteiger partial charge >= 0.3 is 0 Å². The van der Waals surface area contributed by atoms with E-state index < -0.39 is 10.2 Å². The third kappa shape index (κ3) is 3.80. The Bertz CT molecular complexity index is 478. The highest BCUT2D eigenvalue weighted by atomic mass is 32.2. The van der Waals surface area contributed by atoms with Crippen LogP contribution >= 0.6 is 0 Å². The average Bonchev–Trinajstić information content (AvgIpc) is 2.28. The number of nitrogens with one attached hydrogen (secondary N) is 1. The van der Waals surface area contributed by atoms with E-state index in [0.717, 1.165) is 5.56 Å². The summed E-state index contributed by atoms with van der Waals surface area (Å²) < 4.78 is 27.2. The minimum absolute atomic E-state index is 0.237. The Morgan fingerprint density at radius 3 is 1.83 bits per heavy atom. The molecule has 4 nitrogen and oxygen atoms in total. The summed E-state index contributed by atoms with van der Waals surface area (Å²) in [5.74, 6) is 0.479. The molecule has 0 saturated carbocycles. The van der Waals surface area contributed by atoms with E-state index >= 15 is 0 Å². The monoisotopic (exact) mass is 270 g/mol. The van der Waals surface area contributed by atoms with Crippen LogP contribution in [-0.4, -0.2) is 26.8 Å². The second kappa shape index (κ2) is 5.82. The summed E-state index contributed by atoms with van der Waals surface area (Å²) in [7, 11) is -0.367. The molecule has 0 aliphatic carbocycles. The van der Waals surface area contributed by atoms with Gasteiger partial charge in [0.05, 0.1) is 0 Å². The molecule has 0 amide bonds. The van der Waals surface area contributed by atoms with E-state index in [1.807, 2.05) is 31.2 Å². The number of nitrogens with zero attached hydrogens (tertiary/aromatic N) is 1. The van der Waals surface area contributed by atoms with E-state index in [0.29, 0.717) is 5.92 Å². The van der Waals surface area contributed by atoms with Crippen molar-refractivity contribution in [2.45, 2.75) is 32.7 Å². The zero-order valence-electron chi connectivity index (χ0n) is 11.6. The number of hydrogen-bond donors (Lipinski definition) is 1. The van der Waals surface area contributed by atoms with Crippen LogP contribution in [-0.2, 0) is 10.2 Å². The summed E-state index contributed by atoms with van der Waals surface area (Å²) in [6, 6.07) is 7.79. The van der Waals surface area contributed by atoms with Gasteiger partial charge in [-0.05, 0) is 24.0 Å². The number of rotatable bonds is 5. The largest absolute Gasteiger partial charge is 0.279 e. The molecule has 0 fully saturated rings. The lowest BCUT2D eigenvalue weighted by Crippen LogP contribution is -2.37. The molecule has 102 valence electrons. The minimum Gasteiger partial charge on any atom is -0.195 e. The summed E-state index contributed by atoms with van der Waals surface area (Å²) in [6.07, 6.45) is 0. The minimum atomic E-state index is -3.39. The highest BCUT2D eigenvalue weighted by molar-refractivity contribution is 7.87. The van der Waals surface area contributed by atoms with Crippen molar-refractivity contribution >= 4 is 10.2 Å². The Labute approximate surface area is 110 Å². The summed E-state index contributed by atoms with van der Waals surface area (Å²) in [4.78, 5) is 0. The van der Waals surface area contributed by atoms with E-state index in [4.69, 9.17) is 0 Å². The second-order valence-corrected chi connectivity index (χ2v) is 6.86. The quantitative estimate of drug-likeness (QED) is 0.892. The van der Waals surface area contributed by atoms with Crippen LogP contribution in [0.15, 0.2) is 24.3 Å². The fourth-order valence-corrected chi connectivity index (χ4v) is 2.36. The van der Waals surface area contributed by atoms with E-state index in [1.165, 1.54) is 24.0 Å². The smallest absolute Gasteiger partial charge is 0.195 e. The Morgan fingerprint density at radius 2 is 1.44 bits per heavy atom. The maximum atomic E-state index is 11.7. The first kappa shape index (κ1) is 15.1. The first-order valence-electron chi connectivity index (χ1n) is 6.03. The average molecular weight is 270 g/mol. The first-order valence-corrected chi connectivity index (χ1v) is 7.47. The Hall–Kier alpha value is -0.910. The fourth-order valence-electron chi connectivity index (χ4n) is 1.57. The molecule has 0 saturated heterocycles. The SMILES string of the molecule is CC(C)c1ccc(C(C)NS(=O)(=O)N(C)C)cc1. The van der Waals surface area contributed by atoms with Gasteiger partial charge in [-0.25, -0.2) is 0 Å². The normalized spacial score (nSPS) is 14.2. The highest BCUT2D eigenvalue weighted by Crippen LogP contribution is 2.19. The fraction of sp³-hybridized carbons (Fsp3) is 0.538.